The van der Waals surface area contributed by atoms with Gasteiger partial charge in [0.15, 0.2) is 11.5 Å². The van der Waals surface area contributed by atoms with Crippen LogP contribution in [0.25, 0.3) is 11.3 Å². The fraction of sp³-hybridized carbons (Fsp3) is 0.0667. The molecule has 0 amide bonds. The summed E-state index contributed by atoms with van der Waals surface area (Å²) in [5.74, 6) is 0.689. The molecule has 112 valence electrons. The van der Waals surface area contributed by atoms with Crippen LogP contribution in [0, 0.1) is 18.2 Å². The summed E-state index contributed by atoms with van der Waals surface area (Å²) in [5, 5.41) is -0.167. The standard InChI is InChI=1S/C15H9Cl2FN2O2/c1-3-7-8(4-5-9(16)13(7)18)11-6-10(19)12(17)14(20-11)15(21)22-2/h1,4-6H,2H3,(H2,19,20). The molecule has 0 fully saturated rings. The Morgan fingerprint density at radius 3 is 2.73 bits per heavy atom. The summed E-state index contributed by atoms with van der Waals surface area (Å²) in [6.07, 6.45) is 5.32. The van der Waals surface area contributed by atoms with Crippen LogP contribution < -0.4 is 5.73 Å². The van der Waals surface area contributed by atoms with E-state index in [4.69, 9.17) is 35.4 Å². The molecule has 22 heavy (non-hydrogen) atoms. The van der Waals surface area contributed by atoms with Crippen molar-refractivity contribution >= 4 is 34.9 Å². The summed E-state index contributed by atoms with van der Waals surface area (Å²) >= 11 is 11.6. The second kappa shape index (κ2) is 6.22. The number of hydrogen-bond acceptors (Lipinski definition) is 4. The Morgan fingerprint density at radius 1 is 1.45 bits per heavy atom. The number of benzene rings is 1. The minimum atomic E-state index is -0.768. The van der Waals surface area contributed by atoms with Crippen LogP contribution in [0.3, 0.4) is 0 Å². The molecule has 1 aromatic carbocycles. The number of carbonyl (C=O) groups excluding carboxylic acids is 1. The summed E-state index contributed by atoms with van der Waals surface area (Å²) in [6.45, 7) is 0. The lowest BCUT2D eigenvalue weighted by atomic mass is 10.0. The lowest BCUT2D eigenvalue weighted by Crippen LogP contribution is -2.08. The number of nitrogen functional groups attached to an aromatic ring is 1. The number of halogens is 3. The molecule has 0 bridgehead atoms. The molecule has 0 saturated carbocycles. The van der Waals surface area contributed by atoms with E-state index in [0.29, 0.717) is 0 Å². The van der Waals surface area contributed by atoms with Gasteiger partial charge in [-0.25, -0.2) is 14.2 Å². The molecule has 4 nitrogen and oxygen atoms in total. The molecule has 0 spiro atoms. The Labute approximate surface area is 136 Å². The monoisotopic (exact) mass is 338 g/mol. The van der Waals surface area contributed by atoms with Crippen molar-refractivity contribution in [3.63, 3.8) is 0 Å². The quantitative estimate of drug-likeness (QED) is 0.671. The summed E-state index contributed by atoms with van der Waals surface area (Å²) in [6, 6.07) is 4.20. The maximum absolute atomic E-state index is 14.0. The fourth-order valence-electron chi connectivity index (χ4n) is 1.82. The molecule has 2 N–H and O–H groups in total. The summed E-state index contributed by atoms with van der Waals surface area (Å²) in [4.78, 5) is 15.7. The zero-order valence-electron chi connectivity index (χ0n) is 11.3. The van der Waals surface area contributed by atoms with E-state index >= 15 is 0 Å². The molecule has 0 aliphatic carbocycles. The van der Waals surface area contributed by atoms with Gasteiger partial charge in [-0.3, -0.25) is 0 Å². The number of carbonyl (C=O) groups is 1. The van der Waals surface area contributed by atoms with E-state index < -0.39 is 11.8 Å². The van der Waals surface area contributed by atoms with Gasteiger partial charge in [0.05, 0.1) is 34.1 Å². The largest absolute Gasteiger partial charge is 0.464 e. The lowest BCUT2D eigenvalue weighted by molar-refractivity contribution is 0.0594. The average Bonchev–Trinajstić information content (AvgIpc) is 2.51. The molecule has 0 atom stereocenters. The van der Waals surface area contributed by atoms with Gasteiger partial charge >= 0.3 is 5.97 Å². The minimum absolute atomic E-state index is 0.0488. The van der Waals surface area contributed by atoms with Gasteiger partial charge in [-0.15, -0.1) is 6.42 Å². The zero-order chi connectivity index (χ0) is 16.4. The molecular weight excluding hydrogens is 330 g/mol. The fourth-order valence-corrected chi connectivity index (χ4v) is 2.16. The van der Waals surface area contributed by atoms with E-state index in [0.717, 1.165) is 0 Å². The molecule has 1 heterocycles. The Balaban J connectivity index is 2.75. The minimum Gasteiger partial charge on any atom is -0.464 e. The molecule has 2 aromatic rings. The van der Waals surface area contributed by atoms with Gasteiger partial charge in [-0.05, 0) is 18.2 Å². The van der Waals surface area contributed by atoms with Gasteiger partial charge < -0.3 is 10.5 Å². The Morgan fingerprint density at radius 2 is 2.14 bits per heavy atom. The molecular formula is C15H9Cl2FN2O2. The van der Waals surface area contributed by atoms with Gasteiger partial charge in [0.1, 0.15) is 0 Å². The Bertz CT molecular complexity index is 816. The number of anilines is 1. The van der Waals surface area contributed by atoms with Crippen LogP contribution in [-0.2, 0) is 4.74 Å². The van der Waals surface area contributed by atoms with Crippen molar-refractivity contribution in [3.05, 3.63) is 45.3 Å². The van der Waals surface area contributed by atoms with E-state index in [1.165, 1.54) is 25.3 Å². The smallest absolute Gasteiger partial charge is 0.358 e. The predicted octanol–water partition coefficient (Wildman–Crippen LogP) is 3.54. The zero-order valence-corrected chi connectivity index (χ0v) is 12.8. The Kier molecular flexibility index (Phi) is 4.55. The number of nitrogens with two attached hydrogens (primary N) is 1. The van der Waals surface area contributed by atoms with Crippen LogP contribution in [0.4, 0.5) is 10.1 Å². The maximum Gasteiger partial charge on any atom is 0.358 e. The third-order valence-electron chi connectivity index (χ3n) is 2.88. The lowest BCUT2D eigenvalue weighted by Gasteiger charge is -2.11. The van der Waals surface area contributed by atoms with Crippen molar-refractivity contribution in [2.75, 3.05) is 12.8 Å². The number of terminal acetylenes is 1. The third kappa shape index (κ3) is 2.71. The normalized spacial score (nSPS) is 10.1. The van der Waals surface area contributed by atoms with Crippen LogP contribution in [0.1, 0.15) is 16.1 Å². The molecule has 0 unspecified atom stereocenters. The topological polar surface area (TPSA) is 65.2 Å². The van der Waals surface area contributed by atoms with Crippen LogP contribution in [0.15, 0.2) is 18.2 Å². The molecule has 0 aliphatic heterocycles. The first-order chi connectivity index (χ1) is 10.4. The molecule has 2 rings (SSSR count). The van der Waals surface area contributed by atoms with Crippen molar-refractivity contribution in [1.82, 2.24) is 4.98 Å². The van der Waals surface area contributed by atoms with Crippen molar-refractivity contribution in [2.45, 2.75) is 0 Å². The second-order valence-electron chi connectivity index (χ2n) is 4.18. The third-order valence-corrected chi connectivity index (χ3v) is 3.57. The molecule has 0 radical (unpaired) electrons. The number of ether oxygens (including phenoxy) is 1. The molecule has 7 heteroatoms. The number of hydrogen-bond donors (Lipinski definition) is 1. The van der Waals surface area contributed by atoms with E-state index in [1.54, 1.807) is 0 Å². The van der Waals surface area contributed by atoms with Crippen LogP contribution >= 0.6 is 23.2 Å². The highest BCUT2D eigenvalue weighted by Gasteiger charge is 2.20. The highest BCUT2D eigenvalue weighted by molar-refractivity contribution is 6.35. The van der Waals surface area contributed by atoms with Crippen molar-refractivity contribution < 1.29 is 13.9 Å². The first kappa shape index (κ1) is 16.1. The van der Waals surface area contributed by atoms with Gasteiger partial charge in [0, 0.05) is 5.56 Å². The first-order valence-corrected chi connectivity index (χ1v) is 6.65. The average molecular weight is 339 g/mol. The van der Waals surface area contributed by atoms with Crippen molar-refractivity contribution in [1.29, 1.82) is 0 Å². The van der Waals surface area contributed by atoms with Gasteiger partial charge in [-0.1, -0.05) is 29.1 Å². The predicted molar refractivity (Wildman–Crippen MR) is 83.3 cm³/mol. The highest BCUT2D eigenvalue weighted by atomic mass is 35.5. The van der Waals surface area contributed by atoms with Crippen molar-refractivity contribution in [2.24, 2.45) is 0 Å². The van der Waals surface area contributed by atoms with E-state index in [9.17, 15) is 9.18 Å². The summed E-state index contributed by atoms with van der Waals surface area (Å²) in [7, 11) is 1.18. The molecule has 0 aliphatic rings. The second-order valence-corrected chi connectivity index (χ2v) is 4.96. The highest BCUT2D eigenvalue weighted by Crippen LogP contribution is 2.32. The van der Waals surface area contributed by atoms with Gasteiger partial charge in [0.2, 0.25) is 0 Å². The first-order valence-electron chi connectivity index (χ1n) is 5.90. The number of aromatic nitrogens is 1. The van der Waals surface area contributed by atoms with Crippen molar-refractivity contribution in [3.8, 4) is 23.6 Å². The number of pyridine rings is 1. The van der Waals surface area contributed by atoms with E-state index in [1.807, 2.05) is 0 Å². The Hall–Kier alpha value is -2.29. The number of rotatable bonds is 2. The van der Waals surface area contributed by atoms with Gasteiger partial charge in [-0.2, -0.15) is 0 Å². The van der Waals surface area contributed by atoms with Crippen LogP contribution in [0.5, 0.6) is 0 Å². The maximum atomic E-state index is 14.0. The molecule has 1 aromatic heterocycles. The summed E-state index contributed by atoms with van der Waals surface area (Å²) in [5.41, 5.74) is 6.03. The van der Waals surface area contributed by atoms with Crippen LogP contribution in [-0.4, -0.2) is 18.1 Å². The number of nitrogens with zero attached hydrogens (tertiary/aromatic N) is 1. The molecule has 0 saturated heterocycles. The SMILES string of the molecule is C#Cc1c(-c2cc(N)c(Cl)c(C(=O)OC)n2)ccc(Cl)c1F. The summed E-state index contributed by atoms with van der Waals surface area (Å²) < 4.78 is 18.6. The van der Waals surface area contributed by atoms with E-state index in [-0.39, 0.29) is 38.2 Å². The van der Waals surface area contributed by atoms with Gasteiger partial charge in [0.25, 0.3) is 0 Å². The van der Waals surface area contributed by atoms with E-state index in [2.05, 4.69) is 15.6 Å². The number of esters is 1. The number of methoxy groups -OCH3 is 1. The van der Waals surface area contributed by atoms with Crippen LogP contribution in [0.2, 0.25) is 10.0 Å².